The van der Waals surface area contributed by atoms with Gasteiger partial charge in [-0.3, -0.25) is 14.5 Å². The first-order valence-electron chi connectivity index (χ1n) is 9.20. The maximum atomic E-state index is 12.3. The Kier molecular flexibility index (Phi) is 7.41. The van der Waals surface area contributed by atoms with Crippen LogP contribution in [-0.4, -0.2) is 56.7 Å². The van der Waals surface area contributed by atoms with E-state index in [0.717, 1.165) is 24.2 Å². The standard InChI is InChI=1S/C20H25N3O4S/c1-26-17-4-2-3-15(11-17)12-21-19(24)20(25)22-13-18(16-5-10-28-14-16)23-6-8-27-9-7-23/h2-5,10-11,14,18H,6-9,12-13H2,1H3,(H,21,24)(H,22,25). The molecule has 1 aromatic carbocycles. The topological polar surface area (TPSA) is 79.9 Å². The number of morpholine rings is 1. The van der Waals surface area contributed by atoms with Crippen LogP contribution in [0.1, 0.15) is 17.2 Å². The quantitative estimate of drug-likeness (QED) is 0.686. The van der Waals surface area contributed by atoms with Gasteiger partial charge in [0.15, 0.2) is 0 Å². The van der Waals surface area contributed by atoms with Gasteiger partial charge in [0.25, 0.3) is 0 Å². The molecule has 1 aliphatic rings. The van der Waals surface area contributed by atoms with Crippen molar-refractivity contribution in [3.05, 3.63) is 52.2 Å². The van der Waals surface area contributed by atoms with Crippen molar-refractivity contribution in [1.29, 1.82) is 0 Å². The van der Waals surface area contributed by atoms with Gasteiger partial charge in [0, 0.05) is 26.2 Å². The number of benzene rings is 1. The number of ether oxygens (including phenoxy) is 2. The lowest BCUT2D eigenvalue weighted by atomic mass is 10.1. The Bertz CT molecular complexity index is 776. The first-order valence-corrected chi connectivity index (χ1v) is 10.1. The van der Waals surface area contributed by atoms with Crippen molar-refractivity contribution in [2.75, 3.05) is 40.0 Å². The number of methoxy groups -OCH3 is 1. The lowest BCUT2D eigenvalue weighted by molar-refractivity contribution is -0.139. The van der Waals surface area contributed by atoms with E-state index in [1.54, 1.807) is 18.4 Å². The highest BCUT2D eigenvalue weighted by molar-refractivity contribution is 7.08. The van der Waals surface area contributed by atoms with Crippen LogP contribution in [0.4, 0.5) is 0 Å². The van der Waals surface area contributed by atoms with E-state index < -0.39 is 11.8 Å². The van der Waals surface area contributed by atoms with Gasteiger partial charge in [0.1, 0.15) is 5.75 Å². The van der Waals surface area contributed by atoms with E-state index in [2.05, 4.69) is 27.0 Å². The summed E-state index contributed by atoms with van der Waals surface area (Å²) in [5, 5.41) is 9.52. The monoisotopic (exact) mass is 403 g/mol. The number of thiophene rings is 1. The zero-order valence-electron chi connectivity index (χ0n) is 15.8. The molecule has 0 radical (unpaired) electrons. The average Bonchev–Trinajstić information content (AvgIpc) is 3.27. The lowest BCUT2D eigenvalue weighted by Crippen LogP contribution is -2.46. The molecule has 1 aliphatic heterocycles. The van der Waals surface area contributed by atoms with Crippen molar-refractivity contribution in [1.82, 2.24) is 15.5 Å². The van der Waals surface area contributed by atoms with E-state index in [1.807, 2.05) is 29.6 Å². The number of carbonyl (C=O) groups is 2. The van der Waals surface area contributed by atoms with Gasteiger partial charge in [-0.2, -0.15) is 11.3 Å². The summed E-state index contributed by atoms with van der Waals surface area (Å²) >= 11 is 1.62. The van der Waals surface area contributed by atoms with E-state index in [0.29, 0.717) is 25.5 Å². The largest absolute Gasteiger partial charge is 0.497 e. The Morgan fingerprint density at radius 1 is 1.21 bits per heavy atom. The molecule has 150 valence electrons. The molecule has 2 N–H and O–H groups in total. The Morgan fingerprint density at radius 2 is 2.00 bits per heavy atom. The lowest BCUT2D eigenvalue weighted by Gasteiger charge is -2.34. The highest BCUT2D eigenvalue weighted by Gasteiger charge is 2.24. The zero-order valence-corrected chi connectivity index (χ0v) is 16.7. The highest BCUT2D eigenvalue weighted by Crippen LogP contribution is 2.23. The molecule has 2 heterocycles. The minimum Gasteiger partial charge on any atom is -0.497 e. The molecule has 2 aromatic rings. The molecular weight excluding hydrogens is 378 g/mol. The number of carbonyl (C=O) groups excluding carboxylic acids is 2. The fourth-order valence-electron chi connectivity index (χ4n) is 3.13. The molecule has 1 atom stereocenters. The van der Waals surface area contributed by atoms with Gasteiger partial charge in [-0.05, 0) is 40.1 Å². The van der Waals surface area contributed by atoms with Crippen LogP contribution >= 0.6 is 11.3 Å². The number of amides is 2. The summed E-state index contributed by atoms with van der Waals surface area (Å²) in [7, 11) is 1.59. The smallest absolute Gasteiger partial charge is 0.309 e. The zero-order chi connectivity index (χ0) is 19.8. The second-order valence-electron chi connectivity index (χ2n) is 6.47. The van der Waals surface area contributed by atoms with Gasteiger partial charge in [-0.25, -0.2) is 0 Å². The molecule has 0 saturated carbocycles. The molecule has 3 rings (SSSR count). The molecular formula is C20H25N3O4S. The molecule has 0 bridgehead atoms. The summed E-state index contributed by atoms with van der Waals surface area (Å²) < 4.78 is 10.6. The van der Waals surface area contributed by atoms with Crippen LogP contribution in [0.15, 0.2) is 41.1 Å². The van der Waals surface area contributed by atoms with Crippen LogP contribution in [0, 0.1) is 0 Å². The van der Waals surface area contributed by atoms with Gasteiger partial charge in [0.05, 0.1) is 26.4 Å². The van der Waals surface area contributed by atoms with Crippen LogP contribution < -0.4 is 15.4 Å². The van der Waals surface area contributed by atoms with Crippen LogP contribution in [0.25, 0.3) is 0 Å². The van der Waals surface area contributed by atoms with Crippen molar-refractivity contribution in [3.63, 3.8) is 0 Å². The van der Waals surface area contributed by atoms with Crippen LogP contribution in [-0.2, 0) is 20.9 Å². The Balaban J connectivity index is 1.52. The second-order valence-corrected chi connectivity index (χ2v) is 7.25. The van der Waals surface area contributed by atoms with Gasteiger partial charge in [-0.1, -0.05) is 12.1 Å². The van der Waals surface area contributed by atoms with Crippen molar-refractivity contribution in [2.24, 2.45) is 0 Å². The fraction of sp³-hybridized carbons (Fsp3) is 0.400. The maximum Gasteiger partial charge on any atom is 0.309 e. The van der Waals surface area contributed by atoms with E-state index in [1.165, 1.54) is 0 Å². The Hall–Kier alpha value is -2.42. The SMILES string of the molecule is COc1cccc(CNC(=O)C(=O)NCC(c2ccsc2)N2CCOCC2)c1. The Morgan fingerprint density at radius 3 is 2.71 bits per heavy atom. The summed E-state index contributed by atoms with van der Waals surface area (Å²) in [6.07, 6.45) is 0. The average molecular weight is 404 g/mol. The maximum absolute atomic E-state index is 12.3. The molecule has 1 fully saturated rings. The first-order chi connectivity index (χ1) is 13.7. The number of nitrogens with one attached hydrogen (secondary N) is 2. The normalized spacial score (nSPS) is 15.6. The highest BCUT2D eigenvalue weighted by atomic mass is 32.1. The van der Waals surface area contributed by atoms with Crippen molar-refractivity contribution in [3.8, 4) is 5.75 Å². The molecule has 0 aliphatic carbocycles. The summed E-state index contributed by atoms with van der Waals surface area (Å²) in [6.45, 7) is 3.60. The third-order valence-electron chi connectivity index (χ3n) is 4.66. The van der Waals surface area contributed by atoms with Gasteiger partial charge < -0.3 is 20.1 Å². The molecule has 2 amide bonds. The molecule has 8 heteroatoms. The number of hydrogen-bond donors (Lipinski definition) is 2. The minimum absolute atomic E-state index is 0.0327. The van der Waals surface area contributed by atoms with Crippen LogP contribution in [0.5, 0.6) is 5.75 Å². The van der Waals surface area contributed by atoms with Gasteiger partial charge in [0.2, 0.25) is 0 Å². The molecule has 1 saturated heterocycles. The van der Waals surface area contributed by atoms with E-state index in [9.17, 15) is 9.59 Å². The molecule has 1 unspecified atom stereocenters. The molecule has 1 aromatic heterocycles. The molecule has 0 spiro atoms. The van der Waals surface area contributed by atoms with Crippen LogP contribution in [0.3, 0.4) is 0 Å². The second kappa shape index (κ2) is 10.2. The predicted molar refractivity (Wildman–Crippen MR) is 107 cm³/mol. The van der Waals surface area contributed by atoms with E-state index >= 15 is 0 Å². The number of nitrogens with zero attached hydrogens (tertiary/aromatic N) is 1. The van der Waals surface area contributed by atoms with Crippen molar-refractivity contribution >= 4 is 23.2 Å². The number of hydrogen-bond acceptors (Lipinski definition) is 6. The molecule has 7 nitrogen and oxygen atoms in total. The summed E-state index contributed by atoms with van der Waals surface area (Å²) in [5.41, 5.74) is 2.01. The van der Waals surface area contributed by atoms with Crippen LogP contribution in [0.2, 0.25) is 0 Å². The third-order valence-corrected chi connectivity index (χ3v) is 5.37. The van der Waals surface area contributed by atoms with E-state index in [4.69, 9.17) is 9.47 Å². The van der Waals surface area contributed by atoms with E-state index in [-0.39, 0.29) is 12.6 Å². The Labute approximate surface area is 168 Å². The summed E-state index contributed by atoms with van der Waals surface area (Å²) in [4.78, 5) is 26.7. The number of rotatable bonds is 7. The van der Waals surface area contributed by atoms with Gasteiger partial charge >= 0.3 is 11.8 Å². The van der Waals surface area contributed by atoms with Crippen molar-refractivity contribution in [2.45, 2.75) is 12.6 Å². The first kappa shape index (κ1) is 20.3. The fourth-order valence-corrected chi connectivity index (χ4v) is 3.83. The summed E-state index contributed by atoms with van der Waals surface area (Å²) in [5.74, 6) is -0.564. The minimum atomic E-state index is -0.645. The molecule has 28 heavy (non-hydrogen) atoms. The summed E-state index contributed by atoms with van der Waals surface area (Å²) in [6, 6.07) is 9.45. The van der Waals surface area contributed by atoms with Gasteiger partial charge in [-0.15, -0.1) is 0 Å². The van der Waals surface area contributed by atoms with Crippen molar-refractivity contribution < 1.29 is 19.1 Å². The third kappa shape index (κ3) is 5.54. The predicted octanol–water partition coefficient (Wildman–Crippen LogP) is 1.56.